The second-order valence-electron chi connectivity index (χ2n) is 3.91. The molecule has 1 aromatic heterocycles. The Morgan fingerprint density at radius 1 is 1.18 bits per heavy atom. The molecule has 0 fully saturated rings. The average Bonchev–Trinajstić information content (AvgIpc) is 2.32. The van der Waals surface area contributed by atoms with Gasteiger partial charge in [-0.25, -0.2) is 9.37 Å². The van der Waals surface area contributed by atoms with Gasteiger partial charge in [-0.2, -0.15) is 0 Å². The monoisotopic (exact) mass is 229 g/mol. The van der Waals surface area contributed by atoms with Crippen molar-refractivity contribution in [2.75, 3.05) is 0 Å². The third-order valence-corrected chi connectivity index (χ3v) is 2.82. The third kappa shape index (κ3) is 2.09. The highest BCUT2D eigenvalue weighted by Gasteiger charge is 2.17. The van der Waals surface area contributed by atoms with Crippen LogP contribution in [0.4, 0.5) is 4.39 Å². The molecule has 1 aromatic carbocycles. The molecule has 0 saturated carbocycles. The number of ketones is 1. The molecule has 0 aliphatic rings. The number of benzene rings is 1. The van der Waals surface area contributed by atoms with Gasteiger partial charge in [0.25, 0.3) is 0 Å². The van der Waals surface area contributed by atoms with Crippen LogP contribution in [0.5, 0.6) is 0 Å². The Morgan fingerprint density at radius 2 is 1.94 bits per heavy atom. The summed E-state index contributed by atoms with van der Waals surface area (Å²) in [6, 6.07) is 8.11. The molecule has 0 unspecified atom stereocenters. The summed E-state index contributed by atoms with van der Waals surface area (Å²) in [7, 11) is 0. The number of nitrogens with zero attached hydrogens (tertiary/aromatic N) is 1. The van der Waals surface area contributed by atoms with Crippen molar-refractivity contribution in [1.82, 2.24) is 4.98 Å². The van der Waals surface area contributed by atoms with Crippen LogP contribution >= 0.6 is 0 Å². The normalized spacial score (nSPS) is 10.3. The Labute approximate surface area is 99.1 Å². The molecule has 0 saturated heterocycles. The minimum absolute atomic E-state index is 0.124. The Kier molecular flexibility index (Phi) is 3.00. The predicted molar refractivity (Wildman–Crippen MR) is 63.5 cm³/mol. The lowest BCUT2D eigenvalue weighted by molar-refractivity contribution is 0.102. The van der Waals surface area contributed by atoms with Gasteiger partial charge in [-0.3, -0.25) is 4.79 Å². The summed E-state index contributed by atoms with van der Waals surface area (Å²) in [5.41, 5.74) is 2.25. The van der Waals surface area contributed by atoms with Crippen molar-refractivity contribution < 1.29 is 9.18 Å². The molecule has 17 heavy (non-hydrogen) atoms. The van der Waals surface area contributed by atoms with E-state index in [0.29, 0.717) is 5.56 Å². The van der Waals surface area contributed by atoms with Crippen molar-refractivity contribution in [3.05, 3.63) is 64.7 Å². The van der Waals surface area contributed by atoms with Crippen molar-refractivity contribution in [2.45, 2.75) is 13.8 Å². The molecule has 0 aliphatic carbocycles. The minimum atomic E-state index is -0.585. The molecule has 2 aromatic rings. The maximum absolute atomic E-state index is 13.5. The van der Waals surface area contributed by atoms with Crippen LogP contribution in [-0.4, -0.2) is 10.8 Å². The van der Waals surface area contributed by atoms with Crippen molar-refractivity contribution in [3.63, 3.8) is 0 Å². The van der Waals surface area contributed by atoms with Crippen molar-refractivity contribution in [3.8, 4) is 0 Å². The van der Waals surface area contributed by atoms with E-state index in [0.717, 1.165) is 11.1 Å². The first-order valence-electron chi connectivity index (χ1n) is 5.32. The number of carbonyl (C=O) groups excluding carboxylic acids is 1. The van der Waals surface area contributed by atoms with Gasteiger partial charge in [0.1, 0.15) is 5.69 Å². The Balaban J connectivity index is 2.52. The highest BCUT2D eigenvalue weighted by atomic mass is 19.1. The van der Waals surface area contributed by atoms with E-state index in [1.807, 2.05) is 19.9 Å². The van der Waals surface area contributed by atoms with Crippen LogP contribution in [0, 0.1) is 19.7 Å². The number of halogens is 1. The fraction of sp³-hybridized carbons (Fsp3) is 0.143. The standard InChI is InChI=1S/C14H12FNO/c1-9-5-3-6-11(10(9)2)14(17)13-12(15)7-4-8-16-13/h3-8H,1-2H3. The van der Waals surface area contributed by atoms with Crippen LogP contribution in [0.15, 0.2) is 36.5 Å². The molecule has 0 atom stereocenters. The lowest BCUT2D eigenvalue weighted by atomic mass is 9.98. The van der Waals surface area contributed by atoms with Crippen LogP contribution < -0.4 is 0 Å². The van der Waals surface area contributed by atoms with Crippen LogP contribution in [0.25, 0.3) is 0 Å². The van der Waals surface area contributed by atoms with E-state index in [9.17, 15) is 9.18 Å². The lowest BCUT2D eigenvalue weighted by Crippen LogP contribution is -2.09. The SMILES string of the molecule is Cc1cccc(C(=O)c2ncccc2F)c1C. The van der Waals surface area contributed by atoms with Gasteiger partial charge in [-0.05, 0) is 37.1 Å². The molecule has 3 heteroatoms. The maximum Gasteiger partial charge on any atom is 0.214 e. The molecular formula is C14H12FNO. The molecule has 2 rings (SSSR count). The van der Waals surface area contributed by atoms with Crippen LogP contribution in [0.3, 0.4) is 0 Å². The number of hydrogen-bond donors (Lipinski definition) is 0. The zero-order valence-corrected chi connectivity index (χ0v) is 9.70. The number of carbonyl (C=O) groups is 1. The van der Waals surface area contributed by atoms with Gasteiger partial charge in [0.15, 0.2) is 5.82 Å². The third-order valence-electron chi connectivity index (χ3n) is 2.82. The Bertz CT molecular complexity index is 578. The van der Waals surface area contributed by atoms with E-state index in [2.05, 4.69) is 4.98 Å². The topological polar surface area (TPSA) is 30.0 Å². The number of hydrogen-bond acceptors (Lipinski definition) is 2. The molecule has 86 valence electrons. The van der Waals surface area contributed by atoms with Gasteiger partial charge in [-0.15, -0.1) is 0 Å². The van der Waals surface area contributed by atoms with Gasteiger partial charge in [-0.1, -0.05) is 18.2 Å². The van der Waals surface area contributed by atoms with E-state index < -0.39 is 5.82 Å². The van der Waals surface area contributed by atoms with E-state index >= 15 is 0 Å². The molecule has 2 nitrogen and oxygen atoms in total. The fourth-order valence-corrected chi connectivity index (χ4v) is 1.68. The van der Waals surface area contributed by atoms with Crippen LogP contribution in [0.1, 0.15) is 27.2 Å². The van der Waals surface area contributed by atoms with Gasteiger partial charge >= 0.3 is 0 Å². The van der Waals surface area contributed by atoms with Crippen molar-refractivity contribution in [1.29, 1.82) is 0 Å². The molecule has 0 spiro atoms. The van der Waals surface area contributed by atoms with Crippen LogP contribution in [0.2, 0.25) is 0 Å². The molecular weight excluding hydrogens is 217 g/mol. The van der Waals surface area contributed by atoms with E-state index in [4.69, 9.17) is 0 Å². The summed E-state index contributed by atoms with van der Waals surface area (Å²) in [4.78, 5) is 15.9. The summed E-state index contributed by atoms with van der Waals surface area (Å²) in [5, 5.41) is 0. The van der Waals surface area contributed by atoms with E-state index in [-0.39, 0.29) is 11.5 Å². The first kappa shape index (κ1) is 11.5. The minimum Gasteiger partial charge on any atom is -0.287 e. The molecule has 0 radical (unpaired) electrons. The predicted octanol–water partition coefficient (Wildman–Crippen LogP) is 3.07. The van der Waals surface area contributed by atoms with Crippen molar-refractivity contribution >= 4 is 5.78 Å². The molecule has 0 bridgehead atoms. The highest BCUT2D eigenvalue weighted by Crippen LogP contribution is 2.17. The first-order chi connectivity index (χ1) is 8.11. The smallest absolute Gasteiger partial charge is 0.214 e. The van der Waals surface area contributed by atoms with Gasteiger partial charge < -0.3 is 0 Å². The Hall–Kier alpha value is -2.03. The summed E-state index contributed by atoms with van der Waals surface area (Å²) in [5.74, 6) is -0.956. The number of aromatic nitrogens is 1. The lowest BCUT2D eigenvalue weighted by Gasteiger charge is -2.07. The second kappa shape index (κ2) is 4.45. The van der Waals surface area contributed by atoms with E-state index in [1.54, 1.807) is 12.1 Å². The largest absolute Gasteiger partial charge is 0.287 e. The molecule has 0 aliphatic heterocycles. The van der Waals surface area contributed by atoms with Crippen LogP contribution in [-0.2, 0) is 0 Å². The number of pyridine rings is 1. The van der Waals surface area contributed by atoms with Gasteiger partial charge in [0.05, 0.1) is 0 Å². The molecule has 1 heterocycles. The van der Waals surface area contributed by atoms with Gasteiger partial charge in [0.2, 0.25) is 5.78 Å². The summed E-state index contributed by atoms with van der Waals surface area (Å²) in [6.07, 6.45) is 1.42. The number of rotatable bonds is 2. The van der Waals surface area contributed by atoms with Gasteiger partial charge in [0, 0.05) is 11.8 Å². The summed E-state index contributed by atoms with van der Waals surface area (Å²) in [6.45, 7) is 3.77. The highest BCUT2D eigenvalue weighted by molar-refractivity contribution is 6.08. The first-order valence-corrected chi connectivity index (χ1v) is 5.32. The average molecular weight is 229 g/mol. The Morgan fingerprint density at radius 3 is 2.65 bits per heavy atom. The zero-order valence-electron chi connectivity index (χ0n) is 9.70. The quantitative estimate of drug-likeness (QED) is 0.741. The maximum atomic E-state index is 13.5. The second-order valence-corrected chi connectivity index (χ2v) is 3.91. The summed E-state index contributed by atoms with van der Waals surface area (Å²) < 4.78 is 13.5. The molecule has 0 amide bonds. The summed E-state index contributed by atoms with van der Waals surface area (Å²) >= 11 is 0. The molecule has 0 N–H and O–H groups in total. The number of aryl methyl sites for hydroxylation is 1. The zero-order chi connectivity index (χ0) is 12.4. The fourth-order valence-electron chi connectivity index (χ4n) is 1.68. The van der Waals surface area contributed by atoms with E-state index in [1.165, 1.54) is 18.3 Å². The van der Waals surface area contributed by atoms with Crippen molar-refractivity contribution in [2.24, 2.45) is 0 Å².